The van der Waals surface area contributed by atoms with Gasteiger partial charge in [-0.25, -0.2) is 0 Å². The SMILES string of the molecule is Cc1nccc(SC2(C(=O)O)CCC2)c1C. The van der Waals surface area contributed by atoms with Crippen molar-refractivity contribution >= 4 is 17.7 Å². The number of nitrogens with zero attached hydrogens (tertiary/aromatic N) is 1. The van der Waals surface area contributed by atoms with Crippen molar-refractivity contribution in [1.82, 2.24) is 4.98 Å². The molecule has 0 amide bonds. The zero-order valence-corrected chi connectivity index (χ0v) is 10.3. The Labute approximate surface area is 99.3 Å². The molecule has 0 unspecified atom stereocenters. The molecule has 4 heteroatoms. The van der Waals surface area contributed by atoms with Gasteiger partial charge in [-0.2, -0.15) is 0 Å². The van der Waals surface area contributed by atoms with Crippen LogP contribution in [0.1, 0.15) is 30.5 Å². The molecule has 0 aromatic carbocycles. The Morgan fingerprint density at radius 1 is 1.50 bits per heavy atom. The number of aliphatic carboxylic acids is 1. The van der Waals surface area contributed by atoms with Gasteiger partial charge in [0.05, 0.1) is 0 Å². The second kappa shape index (κ2) is 4.09. The third kappa shape index (κ3) is 1.82. The molecule has 1 heterocycles. The molecule has 86 valence electrons. The second-order valence-corrected chi connectivity index (χ2v) is 5.70. The molecule has 0 radical (unpaired) electrons. The number of pyridine rings is 1. The Balaban J connectivity index is 2.26. The van der Waals surface area contributed by atoms with Gasteiger partial charge in [-0.15, -0.1) is 11.8 Å². The third-order valence-corrected chi connectivity index (χ3v) is 4.90. The molecule has 0 spiro atoms. The first kappa shape index (κ1) is 11.5. The quantitative estimate of drug-likeness (QED) is 0.878. The highest BCUT2D eigenvalue weighted by Crippen LogP contribution is 2.48. The Morgan fingerprint density at radius 3 is 2.69 bits per heavy atom. The highest BCUT2D eigenvalue weighted by molar-refractivity contribution is 8.01. The fraction of sp³-hybridized carbons (Fsp3) is 0.500. The minimum Gasteiger partial charge on any atom is -0.480 e. The zero-order chi connectivity index (χ0) is 11.8. The van der Waals surface area contributed by atoms with Crippen LogP contribution in [0.4, 0.5) is 0 Å². The van der Waals surface area contributed by atoms with E-state index in [4.69, 9.17) is 0 Å². The van der Waals surface area contributed by atoms with Crippen LogP contribution in [0.5, 0.6) is 0 Å². The van der Waals surface area contributed by atoms with Crippen LogP contribution in [0, 0.1) is 13.8 Å². The van der Waals surface area contributed by atoms with E-state index in [2.05, 4.69) is 4.98 Å². The largest absolute Gasteiger partial charge is 0.480 e. The van der Waals surface area contributed by atoms with Crippen molar-refractivity contribution in [1.29, 1.82) is 0 Å². The lowest BCUT2D eigenvalue weighted by molar-refractivity contribution is -0.142. The fourth-order valence-electron chi connectivity index (χ4n) is 1.80. The zero-order valence-electron chi connectivity index (χ0n) is 9.49. The Hall–Kier alpha value is -1.03. The Kier molecular flexibility index (Phi) is 2.93. The fourth-order valence-corrected chi connectivity index (χ4v) is 3.23. The Bertz CT molecular complexity index is 427. The summed E-state index contributed by atoms with van der Waals surface area (Å²) in [4.78, 5) is 16.5. The van der Waals surface area contributed by atoms with Crippen LogP contribution in [0.15, 0.2) is 17.2 Å². The van der Waals surface area contributed by atoms with Gasteiger partial charge >= 0.3 is 5.97 Å². The first-order chi connectivity index (χ1) is 7.55. The number of hydrogen-bond donors (Lipinski definition) is 1. The molecule has 1 aliphatic rings. The number of aromatic nitrogens is 1. The van der Waals surface area contributed by atoms with E-state index in [0.29, 0.717) is 0 Å². The molecule has 2 rings (SSSR count). The van der Waals surface area contributed by atoms with Crippen molar-refractivity contribution in [3.05, 3.63) is 23.5 Å². The van der Waals surface area contributed by atoms with Gasteiger partial charge in [0.2, 0.25) is 0 Å². The minimum atomic E-state index is -0.683. The van der Waals surface area contributed by atoms with Crippen LogP contribution >= 0.6 is 11.8 Å². The lowest BCUT2D eigenvalue weighted by atomic mass is 9.84. The summed E-state index contributed by atoms with van der Waals surface area (Å²) in [6.07, 6.45) is 4.31. The van der Waals surface area contributed by atoms with Crippen LogP contribution in [-0.4, -0.2) is 20.8 Å². The molecule has 0 bridgehead atoms. The van der Waals surface area contributed by atoms with Gasteiger partial charge in [0.25, 0.3) is 0 Å². The van der Waals surface area contributed by atoms with E-state index in [0.717, 1.165) is 35.4 Å². The van der Waals surface area contributed by atoms with E-state index in [-0.39, 0.29) is 0 Å². The maximum atomic E-state index is 11.3. The summed E-state index contributed by atoms with van der Waals surface area (Å²) in [5, 5.41) is 9.27. The highest BCUT2D eigenvalue weighted by atomic mass is 32.2. The summed E-state index contributed by atoms with van der Waals surface area (Å²) in [5.41, 5.74) is 2.07. The van der Waals surface area contributed by atoms with Crippen LogP contribution in [0.2, 0.25) is 0 Å². The summed E-state index contributed by atoms with van der Waals surface area (Å²) >= 11 is 1.49. The van der Waals surface area contributed by atoms with Crippen molar-refractivity contribution in [3.8, 4) is 0 Å². The van der Waals surface area contributed by atoms with Gasteiger partial charge < -0.3 is 5.11 Å². The van der Waals surface area contributed by atoms with Crippen molar-refractivity contribution in [2.45, 2.75) is 42.8 Å². The van der Waals surface area contributed by atoms with Gasteiger partial charge in [-0.05, 0) is 44.7 Å². The van der Waals surface area contributed by atoms with Gasteiger partial charge in [0, 0.05) is 16.8 Å². The summed E-state index contributed by atoms with van der Waals surface area (Å²) in [7, 11) is 0. The average molecular weight is 237 g/mol. The number of thioether (sulfide) groups is 1. The van der Waals surface area contributed by atoms with Gasteiger partial charge in [-0.3, -0.25) is 9.78 Å². The van der Waals surface area contributed by atoms with E-state index in [9.17, 15) is 9.90 Å². The van der Waals surface area contributed by atoms with E-state index in [1.165, 1.54) is 11.8 Å². The summed E-state index contributed by atoms with van der Waals surface area (Å²) < 4.78 is -0.585. The van der Waals surface area contributed by atoms with Gasteiger partial charge in [0.1, 0.15) is 4.75 Å². The molecule has 16 heavy (non-hydrogen) atoms. The Morgan fingerprint density at radius 2 is 2.19 bits per heavy atom. The highest BCUT2D eigenvalue weighted by Gasteiger charge is 2.45. The molecular weight excluding hydrogens is 222 g/mol. The van der Waals surface area contributed by atoms with Crippen LogP contribution in [-0.2, 0) is 4.79 Å². The monoisotopic (exact) mass is 237 g/mol. The molecule has 1 saturated carbocycles. The minimum absolute atomic E-state index is 0.585. The summed E-state index contributed by atoms with van der Waals surface area (Å²) in [6.45, 7) is 3.95. The van der Waals surface area contributed by atoms with Crippen molar-refractivity contribution in [3.63, 3.8) is 0 Å². The molecule has 1 aromatic heterocycles. The van der Waals surface area contributed by atoms with Gasteiger partial charge in [-0.1, -0.05) is 0 Å². The predicted molar refractivity (Wildman–Crippen MR) is 63.8 cm³/mol. The molecule has 0 atom stereocenters. The van der Waals surface area contributed by atoms with Crippen molar-refractivity contribution < 1.29 is 9.90 Å². The first-order valence-corrected chi connectivity index (χ1v) is 6.21. The topological polar surface area (TPSA) is 50.2 Å². The number of rotatable bonds is 3. The lowest BCUT2D eigenvalue weighted by Crippen LogP contribution is -2.41. The second-order valence-electron chi connectivity index (χ2n) is 4.27. The lowest BCUT2D eigenvalue weighted by Gasteiger charge is -2.37. The molecule has 1 aromatic rings. The van der Waals surface area contributed by atoms with Crippen molar-refractivity contribution in [2.24, 2.45) is 0 Å². The van der Waals surface area contributed by atoms with Gasteiger partial charge in [0.15, 0.2) is 0 Å². The average Bonchev–Trinajstić information content (AvgIpc) is 2.17. The molecule has 0 aliphatic heterocycles. The third-order valence-electron chi connectivity index (χ3n) is 3.26. The summed E-state index contributed by atoms with van der Waals surface area (Å²) in [6, 6.07) is 1.91. The van der Waals surface area contributed by atoms with Crippen LogP contribution < -0.4 is 0 Å². The molecular formula is C12H15NO2S. The number of carboxylic acids is 1. The standard InChI is InChI=1S/C12H15NO2S/c1-8-9(2)13-7-4-10(8)16-12(11(14)15)5-3-6-12/h4,7H,3,5-6H2,1-2H3,(H,14,15). The number of carbonyl (C=O) groups is 1. The normalized spacial score (nSPS) is 17.9. The molecule has 1 aliphatic carbocycles. The number of carboxylic acid groups (broad SMARTS) is 1. The smallest absolute Gasteiger partial charge is 0.320 e. The summed E-state index contributed by atoms with van der Waals surface area (Å²) in [5.74, 6) is -0.683. The van der Waals surface area contributed by atoms with Crippen LogP contribution in [0.3, 0.4) is 0 Å². The molecule has 1 fully saturated rings. The first-order valence-electron chi connectivity index (χ1n) is 5.40. The van der Waals surface area contributed by atoms with Crippen LogP contribution in [0.25, 0.3) is 0 Å². The maximum Gasteiger partial charge on any atom is 0.320 e. The predicted octanol–water partition coefficient (Wildman–Crippen LogP) is 2.80. The molecule has 3 nitrogen and oxygen atoms in total. The van der Waals surface area contributed by atoms with E-state index in [1.54, 1.807) is 6.20 Å². The molecule has 0 saturated heterocycles. The molecule has 1 N–H and O–H groups in total. The van der Waals surface area contributed by atoms with E-state index < -0.39 is 10.7 Å². The van der Waals surface area contributed by atoms with E-state index >= 15 is 0 Å². The van der Waals surface area contributed by atoms with Crippen molar-refractivity contribution in [2.75, 3.05) is 0 Å². The van der Waals surface area contributed by atoms with E-state index in [1.807, 2.05) is 19.9 Å². The maximum absolute atomic E-state index is 11.3. The number of hydrogen-bond acceptors (Lipinski definition) is 3. The number of aryl methyl sites for hydroxylation is 1.